The lowest BCUT2D eigenvalue weighted by atomic mass is 10.2. The third-order valence-electron chi connectivity index (χ3n) is 5.10. The number of hydrogen-bond acceptors (Lipinski definition) is 4. The van der Waals surface area contributed by atoms with Gasteiger partial charge in [-0.2, -0.15) is 0 Å². The van der Waals surface area contributed by atoms with Crippen LogP contribution in [0.15, 0.2) is 54.6 Å². The summed E-state index contributed by atoms with van der Waals surface area (Å²) in [5.41, 5.74) is 2.38. The van der Waals surface area contributed by atoms with Crippen molar-refractivity contribution in [3.05, 3.63) is 65.7 Å². The van der Waals surface area contributed by atoms with Crippen molar-refractivity contribution in [1.82, 2.24) is 14.7 Å². The highest BCUT2D eigenvalue weighted by atomic mass is 16.5. The SMILES string of the molecule is COc1ccccc1CN(C)C(=O)CN1CCN(Cc2ccccc2)CC1. The lowest BCUT2D eigenvalue weighted by Crippen LogP contribution is -2.49. The van der Waals surface area contributed by atoms with Gasteiger partial charge in [0, 0.05) is 51.9 Å². The second-order valence-electron chi connectivity index (χ2n) is 7.10. The molecular formula is C22H29N3O2. The maximum absolute atomic E-state index is 12.6. The second kappa shape index (κ2) is 9.53. The highest BCUT2D eigenvalue weighted by Crippen LogP contribution is 2.19. The van der Waals surface area contributed by atoms with E-state index in [1.807, 2.05) is 31.3 Å². The lowest BCUT2D eigenvalue weighted by Gasteiger charge is -2.35. The number of likely N-dealkylation sites (N-methyl/N-ethyl adjacent to an activating group) is 1. The topological polar surface area (TPSA) is 36.0 Å². The molecule has 0 saturated carbocycles. The molecule has 1 aliphatic rings. The van der Waals surface area contributed by atoms with Crippen LogP contribution in [0.1, 0.15) is 11.1 Å². The first kappa shape index (κ1) is 19.4. The summed E-state index contributed by atoms with van der Waals surface area (Å²) in [4.78, 5) is 19.1. The Balaban J connectivity index is 1.45. The van der Waals surface area contributed by atoms with E-state index in [-0.39, 0.29) is 5.91 Å². The van der Waals surface area contributed by atoms with Crippen molar-refractivity contribution in [1.29, 1.82) is 0 Å². The van der Waals surface area contributed by atoms with E-state index in [1.165, 1.54) is 5.56 Å². The fourth-order valence-corrected chi connectivity index (χ4v) is 3.44. The minimum absolute atomic E-state index is 0.150. The minimum atomic E-state index is 0.150. The number of carbonyl (C=O) groups is 1. The normalized spacial score (nSPS) is 15.5. The van der Waals surface area contributed by atoms with Gasteiger partial charge in [-0.25, -0.2) is 0 Å². The van der Waals surface area contributed by atoms with Crippen LogP contribution in [-0.4, -0.2) is 67.5 Å². The van der Waals surface area contributed by atoms with Crippen molar-refractivity contribution in [2.45, 2.75) is 13.1 Å². The van der Waals surface area contributed by atoms with Gasteiger partial charge in [0.25, 0.3) is 0 Å². The molecule has 0 aliphatic carbocycles. The minimum Gasteiger partial charge on any atom is -0.496 e. The zero-order chi connectivity index (χ0) is 19.1. The Hall–Kier alpha value is -2.37. The van der Waals surface area contributed by atoms with Crippen LogP contribution in [0, 0.1) is 0 Å². The fraction of sp³-hybridized carbons (Fsp3) is 0.409. The highest BCUT2D eigenvalue weighted by Gasteiger charge is 2.21. The van der Waals surface area contributed by atoms with Gasteiger partial charge in [0.2, 0.25) is 5.91 Å². The summed E-state index contributed by atoms with van der Waals surface area (Å²) in [7, 11) is 3.52. The van der Waals surface area contributed by atoms with E-state index < -0.39 is 0 Å². The van der Waals surface area contributed by atoms with Gasteiger partial charge in [-0.1, -0.05) is 48.5 Å². The number of rotatable bonds is 7. The predicted octanol–water partition coefficient (Wildman–Crippen LogP) is 2.47. The Kier molecular flexibility index (Phi) is 6.85. The van der Waals surface area contributed by atoms with Gasteiger partial charge in [-0.15, -0.1) is 0 Å². The van der Waals surface area contributed by atoms with E-state index in [9.17, 15) is 4.79 Å². The van der Waals surface area contributed by atoms with Gasteiger partial charge in [0.1, 0.15) is 5.75 Å². The number of piperazine rings is 1. The maximum atomic E-state index is 12.6. The largest absolute Gasteiger partial charge is 0.496 e. The number of ether oxygens (including phenoxy) is 1. The molecule has 0 unspecified atom stereocenters. The highest BCUT2D eigenvalue weighted by molar-refractivity contribution is 5.78. The summed E-state index contributed by atoms with van der Waals surface area (Å²) in [5, 5.41) is 0. The first-order chi connectivity index (χ1) is 13.2. The Labute approximate surface area is 162 Å². The van der Waals surface area contributed by atoms with Gasteiger partial charge in [0.05, 0.1) is 13.7 Å². The average molecular weight is 367 g/mol. The molecule has 0 atom stereocenters. The van der Waals surface area contributed by atoms with Crippen LogP contribution in [-0.2, 0) is 17.9 Å². The fourth-order valence-electron chi connectivity index (χ4n) is 3.44. The molecule has 1 heterocycles. The number of nitrogens with zero attached hydrogens (tertiary/aromatic N) is 3. The Bertz CT molecular complexity index is 727. The molecule has 27 heavy (non-hydrogen) atoms. The molecule has 3 rings (SSSR count). The molecule has 0 N–H and O–H groups in total. The van der Waals surface area contributed by atoms with Gasteiger partial charge in [-0.05, 0) is 11.6 Å². The molecule has 144 valence electrons. The van der Waals surface area contributed by atoms with Crippen molar-refractivity contribution in [3.8, 4) is 5.75 Å². The number of methoxy groups -OCH3 is 1. The molecule has 5 nitrogen and oxygen atoms in total. The third kappa shape index (κ3) is 5.55. The first-order valence-electron chi connectivity index (χ1n) is 9.50. The number of para-hydroxylation sites is 1. The molecule has 0 aromatic heterocycles. The summed E-state index contributed by atoms with van der Waals surface area (Å²) in [6, 6.07) is 18.4. The molecular weight excluding hydrogens is 338 g/mol. The predicted molar refractivity (Wildman–Crippen MR) is 108 cm³/mol. The number of hydrogen-bond donors (Lipinski definition) is 0. The van der Waals surface area contributed by atoms with E-state index in [0.29, 0.717) is 13.1 Å². The van der Waals surface area contributed by atoms with E-state index in [1.54, 1.807) is 12.0 Å². The van der Waals surface area contributed by atoms with Crippen LogP contribution in [0.2, 0.25) is 0 Å². The zero-order valence-electron chi connectivity index (χ0n) is 16.3. The van der Waals surface area contributed by atoms with Crippen LogP contribution in [0.4, 0.5) is 0 Å². The van der Waals surface area contributed by atoms with Crippen molar-refractivity contribution < 1.29 is 9.53 Å². The Morgan fingerprint density at radius 3 is 2.30 bits per heavy atom. The standard InChI is InChI=1S/C22H29N3O2/c1-23(17-20-10-6-7-11-21(20)27-2)22(26)18-25-14-12-24(13-15-25)16-19-8-4-3-5-9-19/h3-11H,12-18H2,1-2H3. The van der Waals surface area contributed by atoms with Crippen molar-refractivity contribution in [3.63, 3.8) is 0 Å². The van der Waals surface area contributed by atoms with Crippen molar-refractivity contribution in [2.24, 2.45) is 0 Å². The van der Waals surface area contributed by atoms with Crippen LogP contribution in [0.25, 0.3) is 0 Å². The lowest BCUT2D eigenvalue weighted by molar-refractivity contribution is -0.132. The molecule has 0 bridgehead atoms. The number of benzene rings is 2. The maximum Gasteiger partial charge on any atom is 0.236 e. The molecule has 0 radical (unpaired) electrons. The molecule has 1 amide bonds. The molecule has 2 aromatic carbocycles. The molecule has 5 heteroatoms. The molecule has 2 aromatic rings. The summed E-state index contributed by atoms with van der Waals surface area (Å²) in [6.45, 7) is 5.89. The van der Waals surface area contributed by atoms with Crippen LogP contribution < -0.4 is 4.74 Å². The Morgan fingerprint density at radius 1 is 0.963 bits per heavy atom. The molecule has 0 spiro atoms. The molecule has 1 saturated heterocycles. The summed E-state index contributed by atoms with van der Waals surface area (Å²) < 4.78 is 5.38. The van der Waals surface area contributed by atoms with E-state index in [2.05, 4.69) is 40.1 Å². The zero-order valence-corrected chi connectivity index (χ0v) is 16.3. The van der Waals surface area contributed by atoms with E-state index in [0.717, 1.165) is 44.0 Å². The van der Waals surface area contributed by atoms with Crippen molar-refractivity contribution in [2.75, 3.05) is 46.9 Å². The van der Waals surface area contributed by atoms with Gasteiger partial charge in [0.15, 0.2) is 0 Å². The monoisotopic (exact) mass is 367 g/mol. The Morgan fingerprint density at radius 2 is 1.59 bits per heavy atom. The van der Waals surface area contributed by atoms with Gasteiger partial charge in [-0.3, -0.25) is 14.6 Å². The van der Waals surface area contributed by atoms with E-state index >= 15 is 0 Å². The van der Waals surface area contributed by atoms with Crippen LogP contribution >= 0.6 is 0 Å². The first-order valence-corrected chi connectivity index (χ1v) is 9.50. The number of carbonyl (C=O) groups excluding carboxylic acids is 1. The van der Waals surface area contributed by atoms with Crippen molar-refractivity contribution >= 4 is 5.91 Å². The second-order valence-corrected chi connectivity index (χ2v) is 7.10. The quantitative estimate of drug-likeness (QED) is 0.753. The average Bonchev–Trinajstić information content (AvgIpc) is 2.70. The van der Waals surface area contributed by atoms with Crippen LogP contribution in [0.3, 0.4) is 0 Å². The van der Waals surface area contributed by atoms with E-state index in [4.69, 9.17) is 4.74 Å². The van der Waals surface area contributed by atoms with Gasteiger partial charge >= 0.3 is 0 Å². The third-order valence-corrected chi connectivity index (χ3v) is 5.10. The van der Waals surface area contributed by atoms with Gasteiger partial charge < -0.3 is 9.64 Å². The smallest absolute Gasteiger partial charge is 0.236 e. The summed E-state index contributed by atoms with van der Waals surface area (Å²) in [5.74, 6) is 0.976. The number of amides is 1. The summed E-state index contributed by atoms with van der Waals surface area (Å²) >= 11 is 0. The molecule has 1 fully saturated rings. The van der Waals surface area contributed by atoms with Crippen LogP contribution in [0.5, 0.6) is 5.75 Å². The molecule has 1 aliphatic heterocycles. The summed E-state index contributed by atoms with van der Waals surface area (Å²) in [6.07, 6.45) is 0.